The van der Waals surface area contributed by atoms with Gasteiger partial charge >= 0.3 is 0 Å². The summed E-state index contributed by atoms with van der Waals surface area (Å²) in [4.78, 5) is 55.7. The molecular weight excluding hydrogens is 462 g/mol. The number of aromatic nitrogens is 2. The van der Waals surface area contributed by atoms with Crippen LogP contribution in [0.4, 0.5) is 5.69 Å². The van der Waals surface area contributed by atoms with E-state index in [1.165, 1.54) is 11.2 Å². The number of carbonyl (C=O) groups excluding carboxylic acids is 3. The van der Waals surface area contributed by atoms with Gasteiger partial charge < -0.3 is 20.3 Å². The Morgan fingerprint density at radius 2 is 1.94 bits per heavy atom. The van der Waals surface area contributed by atoms with Gasteiger partial charge in [-0.15, -0.1) is 0 Å². The average molecular weight is 488 g/mol. The van der Waals surface area contributed by atoms with Gasteiger partial charge in [-0.1, -0.05) is 31.4 Å². The lowest BCUT2D eigenvalue weighted by molar-refractivity contribution is -0.129. The molecule has 0 spiro atoms. The summed E-state index contributed by atoms with van der Waals surface area (Å²) in [5, 5.41) is 5.41. The van der Waals surface area contributed by atoms with E-state index in [2.05, 4.69) is 28.8 Å². The Morgan fingerprint density at radius 3 is 2.67 bits per heavy atom. The van der Waals surface area contributed by atoms with Gasteiger partial charge in [-0.2, -0.15) is 0 Å². The van der Waals surface area contributed by atoms with E-state index in [-0.39, 0.29) is 35.3 Å². The van der Waals surface area contributed by atoms with Gasteiger partial charge in [0.15, 0.2) is 6.61 Å². The Morgan fingerprint density at radius 1 is 1.19 bits per heavy atom. The lowest BCUT2D eigenvalue weighted by Crippen LogP contribution is -2.40. The van der Waals surface area contributed by atoms with Crippen LogP contribution in [0, 0.1) is 0 Å². The summed E-state index contributed by atoms with van der Waals surface area (Å²) < 4.78 is 6.52. The predicted octanol–water partition coefficient (Wildman–Crippen LogP) is 2.36. The van der Waals surface area contributed by atoms with Crippen LogP contribution in [0.25, 0.3) is 27.7 Å². The number of rotatable bonds is 6. The van der Waals surface area contributed by atoms with Crippen molar-refractivity contribution in [3.63, 3.8) is 0 Å². The first-order valence-corrected chi connectivity index (χ1v) is 11.1. The van der Waals surface area contributed by atoms with Crippen LogP contribution >= 0.6 is 0 Å². The summed E-state index contributed by atoms with van der Waals surface area (Å²) >= 11 is 0. The Kier molecular flexibility index (Phi) is 6.43. The molecule has 0 fully saturated rings. The van der Waals surface area contributed by atoms with Crippen molar-refractivity contribution >= 4 is 40.0 Å². The molecule has 3 aromatic rings. The van der Waals surface area contributed by atoms with Gasteiger partial charge in [0.25, 0.3) is 23.3 Å². The van der Waals surface area contributed by atoms with Crippen LogP contribution in [0.1, 0.15) is 13.8 Å². The molecule has 2 N–H and O–H groups in total. The molecule has 0 unspecified atom stereocenters. The highest BCUT2D eigenvalue weighted by molar-refractivity contribution is 6.15. The summed E-state index contributed by atoms with van der Waals surface area (Å²) in [6.07, 6.45) is 1.22. The minimum absolute atomic E-state index is 0.0785. The maximum atomic E-state index is 13.3. The van der Waals surface area contributed by atoms with Crippen molar-refractivity contribution in [2.45, 2.75) is 19.9 Å². The van der Waals surface area contributed by atoms with Crippen molar-refractivity contribution in [2.75, 3.05) is 19.0 Å². The molecule has 1 aliphatic rings. The summed E-state index contributed by atoms with van der Waals surface area (Å²) in [6, 6.07) is 10.3. The third kappa shape index (κ3) is 4.48. The normalized spacial score (nSPS) is 12.4. The highest BCUT2D eigenvalue weighted by atomic mass is 16.5. The molecule has 0 atom stereocenters. The molecule has 1 aliphatic heterocycles. The molecule has 0 saturated heterocycles. The zero-order valence-electron chi connectivity index (χ0n) is 20.1. The number of likely N-dealkylation sites (N-methyl/N-ethyl adjacent to an activating group) is 1. The van der Waals surface area contributed by atoms with E-state index in [0.29, 0.717) is 22.5 Å². The number of hydrogen-bond acceptors (Lipinski definition) is 6. The summed E-state index contributed by atoms with van der Waals surface area (Å²) in [5.41, 5.74) is 1.55. The van der Waals surface area contributed by atoms with Crippen LogP contribution in [-0.4, -0.2) is 51.9 Å². The number of hydrogen-bond donors (Lipinski definition) is 2. The Balaban J connectivity index is 1.64. The van der Waals surface area contributed by atoms with E-state index in [0.717, 1.165) is 10.1 Å². The number of para-hydroxylation sites is 1. The molecule has 184 valence electrons. The second-order valence-corrected chi connectivity index (χ2v) is 8.56. The van der Waals surface area contributed by atoms with Crippen LogP contribution in [0.2, 0.25) is 0 Å². The predicted molar refractivity (Wildman–Crippen MR) is 136 cm³/mol. The largest absolute Gasteiger partial charge is 0.482 e. The second kappa shape index (κ2) is 9.49. The van der Waals surface area contributed by atoms with Crippen molar-refractivity contribution in [3.8, 4) is 16.9 Å². The summed E-state index contributed by atoms with van der Waals surface area (Å²) in [5.74, 6) is -0.917. The monoisotopic (exact) mass is 487 g/mol. The summed E-state index contributed by atoms with van der Waals surface area (Å²) in [7, 11) is 1.60. The van der Waals surface area contributed by atoms with E-state index in [9.17, 15) is 19.2 Å². The average Bonchev–Trinajstić information content (AvgIpc) is 2.86. The number of nitrogens with zero attached hydrogens (tertiary/aromatic N) is 3. The fourth-order valence-corrected chi connectivity index (χ4v) is 3.64. The molecule has 10 heteroatoms. The highest BCUT2D eigenvalue weighted by Gasteiger charge is 2.21. The lowest BCUT2D eigenvalue weighted by Gasteiger charge is -2.22. The fourth-order valence-electron chi connectivity index (χ4n) is 3.64. The van der Waals surface area contributed by atoms with Crippen molar-refractivity contribution in [2.24, 2.45) is 0 Å². The van der Waals surface area contributed by atoms with Crippen LogP contribution in [0.5, 0.6) is 5.75 Å². The van der Waals surface area contributed by atoms with Gasteiger partial charge in [-0.25, -0.2) is 4.98 Å². The smallest absolute Gasteiger partial charge is 0.272 e. The van der Waals surface area contributed by atoms with Gasteiger partial charge in [-0.3, -0.25) is 23.7 Å². The van der Waals surface area contributed by atoms with Gasteiger partial charge in [0.05, 0.1) is 22.3 Å². The van der Waals surface area contributed by atoms with Crippen molar-refractivity contribution in [1.29, 1.82) is 0 Å². The summed E-state index contributed by atoms with van der Waals surface area (Å²) in [6.45, 7) is 10.9. The molecule has 0 aliphatic carbocycles. The number of nitrogens with one attached hydrogen (secondary N) is 2. The quantitative estimate of drug-likeness (QED) is 0.515. The molecule has 10 nitrogen and oxygen atoms in total. The van der Waals surface area contributed by atoms with Gasteiger partial charge in [-0.05, 0) is 37.6 Å². The minimum Gasteiger partial charge on any atom is -0.482 e. The number of fused-ring (bicyclic) bond motifs is 2. The van der Waals surface area contributed by atoms with Crippen LogP contribution in [-0.2, 0) is 14.4 Å². The molecule has 0 radical (unpaired) electrons. The van der Waals surface area contributed by atoms with Crippen LogP contribution < -0.4 is 20.9 Å². The van der Waals surface area contributed by atoms with Crippen LogP contribution in [0.15, 0.2) is 66.4 Å². The maximum Gasteiger partial charge on any atom is 0.272 e. The molecular formula is C26H25N5O5. The third-order valence-corrected chi connectivity index (χ3v) is 5.88. The zero-order chi connectivity index (χ0) is 26.1. The SMILES string of the molecule is C=C(NC(=O)C(=C)n1cnc2c(-c3ccc4c(c3)OCC(=O)N4)cccc2c1=O)C(=O)N(C)C(C)C. The molecule has 36 heavy (non-hydrogen) atoms. The number of carbonyl (C=O) groups is 3. The standard InChI is InChI=1S/C26H25N5O5/c1-14(2)30(5)25(34)15(3)28-24(33)16(4)31-13-27-23-18(7-6-8-19(23)26(31)35)17-9-10-20-21(11-17)36-12-22(32)29-20/h6-11,13-14H,3-4,12H2,1-2,5H3,(H,28,33)(H,29,32). The van der Waals surface area contributed by atoms with E-state index < -0.39 is 17.4 Å². The Labute approximate surface area is 206 Å². The molecule has 3 amide bonds. The first-order chi connectivity index (χ1) is 17.1. The van der Waals surface area contributed by atoms with Gasteiger partial charge in [0.1, 0.15) is 17.8 Å². The molecule has 4 rings (SSSR count). The van der Waals surface area contributed by atoms with Crippen molar-refractivity contribution < 1.29 is 19.1 Å². The van der Waals surface area contributed by atoms with Gasteiger partial charge in [0, 0.05) is 18.7 Å². The topological polar surface area (TPSA) is 123 Å². The first-order valence-electron chi connectivity index (χ1n) is 11.1. The van der Waals surface area contributed by atoms with Crippen molar-refractivity contribution in [3.05, 3.63) is 71.9 Å². The number of benzene rings is 2. The molecule has 2 aromatic carbocycles. The number of ether oxygens (including phenoxy) is 1. The number of amides is 3. The molecule has 2 heterocycles. The van der Waals surface area contributed by atoms with E-state index >= 15 is 0 Å². The number of anilines is 1. The third-order valence-electron chi connectivity index (χ3n) is 5.88. The highest BCUT2D eigenvalue weighted by Crippen LogP contribution is 2.34. The minimum atomic E-state index is -0.751. The second-order valence-electron chi connectivity index (χ2n) is 8.56. The zero-order valence-corrected chi connectivity index (χ0v) is 20.1. The van der Waals surface area contributed by atoms with E-state index in [4.69, 9.17) is 4.74 Å². The van der Waals surface area contributed by atoms with E-state index in [1.807, 2.05) is 19.9 Å². The first kappa shape index (κ1) is 24.4. The molecule has 0 bridgehead atoms. The molecule has 1 aromatic heterocycles. The lowest BCUT2D eigenvalue weighted by atomic mass is 10.0. The van der Waals surface area contributed by atoms with E-state index in [1.54, 1.807) is 37.4 Å². The maximum absolute atomic E-state index is 13.3. The molecule has 0 saturated carbocycles. The Bertz CT molecular complexity index is 1500. The van der Waals surface area contributed by atoms with Gasteiger partial charge in [0.2, 0.25) is 0 Å². The van der Waals surface area contributed by atoms with Crippen LogP contribution in [0.3, 0.4) is 0 Å². The fraction of sp³-hybridized carbons (Fsp3) is 0.192. The van der Waals surface area contributed by atoms with Crippen molar-refractivity contribution in [1.82, 2.24) is 19.8 Å². The Hall–Kier alpha value is -4.73.